The van der Waals surface area contributed by atoms with Gasteiger partial charge in [-0.3, -0.25) is 0 Å². The van der Waals surface area contributed by atoms with Crippen molar-refractivity contribution in [1.29, 1.82) is 0 Å². The molecule has 1 aromatic carbocycles. The van der Waals surface area contributed by atoms with Crippen molar-refractivity contribution in [3.8, 4) is 0 Å². The molecule has 0 saturated heterocycles. The number of hydrogen-bond acceptors (Lipinski definition) is 2. The molecular weight excluding hydrogens is 220 g/mol. The summed E-state index contributed by atoms with van der Waals surface area (Å²) in [5, 5.41) is 7.31. The minimum atomic E-state index is 0.604. The van der Waals surface area contributed by atoms with Gasteiger partial charge in [0.25, 0.3) is 0 Å². The highest BCUT2D eigenvalue weighted by molar-refractivity contribution is 5.29. The quantitative estimate of drug-likeness (QED) is 0.831. The Hall–Kier alpha value is -0.860. The van der Waals surface area contributed by atoms with Crippen LogP contribution in [0.2, 0.25) is 0 Å². The lowest BCUT2D eigenvalue weighted by atomic mass is 9.95. The molecule has 1 aliphatic heterocycles. The average molecular weight is 244 g/mol. The summed E-state index contributed by atoms with van der Waals surface area (Å²) < 4.78 is 0. The first-order valence-corrected chi connectivity index (χ1v) is 7.32. The number of hydrogen-bond donors (Lipinski definition) is 2. The van der Waals surface area contributed by atoms with E-state index in [1.807, 2.05) is 0 Å². The van der Waals surface area contributed by atoms with Crippen LogP contribution in [0.1, 0.15) is 37.3 Å². The highest BCUT2D eigenvalue weighted by atomic mass is 15.0. The highest BCUT2D eigenvalue weighted by Crippen LogP contribution is 2.47. The van der Waals surface area contributed by atoms with E-state index < -0.39 is 0 Å². The van der Waals surface area contributed by atoms with Crippen LogP contribution in [0, 0.1) is 5.41 Å². The topological polar surface area (TPSA) is 24.1 Å². The first-order valence-electron chi connectivity index (χ1n) is 7.32. The molecule has 1 aromatic rings. The number of fused-ring (bicyclic) bond motifs is 1. The summed E-state index contributed by atoms with van der Waals surface area (Å²) in [7, 11) is 0. The van der Waals surface area contributed by atoms with Gasteiger partial charge < -0.3 is 10.6 Å². The van der Waals surface area contributed by atoms with Crippen molar-refractivity contribution >= 4 is 0 Å². The van der Waals surface area contributed by atoms with Crippen LogP contribution in [0.3, 0.4) is 0 Å². The summed E-state index contributed by atoms with van der Waals surface area (Å²) in [6.07, 6.45) is 5.36. The second kappa shape index (κ2) is 5.02. The average Bonchev–Trinajstić information content (AvgIpc) is 3.19. The van der Waals surface area contributed by atoms with E-state index in [9.17, 15) is 0 Å². The normalized spacial score (nSPS) is 24.6. The van der Waals surface area contributed by atoms with Crippen molar-refractivity contribution in [2.45, 2.75) is 45.2 Å². The van der Waals surface area contributed by atoms with E-state index in [1.165, 1.54) is 43.4 Å². The Balaban J connectivity index is 1.48. The molecule has 98 valence electrons. The minimum absolute atomic E-state index is 0.604. The van der Waals surface area contributed by atoms with E-state index in [2.05, 4.69) is 41.8 Å². The molecule has 18 heavy (non-hydrogen) atoms. The molecule has 1 fully saturated rings. The third-order valence-corrected chi connectivity index (χ3v) is 4.76. The van der Waals surface area contributed by atoms with Gasteiger partial charge >= 0.3 is 0 Å². The van der Waals surface area contributed by atoms with Crippen LogP contribution in [0.15, 0.2) is 24.3 Å². The van der Waals surface area contributed by atoms with Crippen molar-refractivity contribution in [1.82, 2.24) is 10.6 Å². The van der Waals surface area contributed by atoms with E-state index in [1.54, 1.807) is 0 Å². The van der Waals surface area contributed by atoms with Crippen molar-refractivity contribution in [2.75, 3.05) is 13.1 Å². The Morgan fingerprint density at radius 2 is 2.06 bits per heavy atom. The van der Waals surface area contributed by atoms with Gasteiger partial charge in [-0.05, 0) is 42.2 Å². The van der Waals surface area contributed by atoms with Gasteiger partial charge in [0.1, 0.15) is 0 Å². The second-order valence-electron chi connectivity index (χ2n) is 6.04. The van der Waals surface area contributed by atoms with Crippen LogP contribution in [-0.2, 0) is 13.0 Å². The van der Waals surface area contributed by atoms with Gasteiger partial charge in [-0.25, -0.2) is 0 Å². The lowest BCUT2D eigenvalue weighted by Crippen LogP contribution is -2.44. The Kier molecular flexibility index (Phi) is 3.40. The molecule has 2 N–H and O–H groups in total. The van der Waals surface area contributed by atoms with E-state index in [-0.39, 0.29) is 0 Å². The van der Waals surface area contributed by atoms with E-state index in [4.69, 9.17) is 0 Å². The summed E-state index contributed by atoms with van der Waals surface area (Å²) in [6.45, 7) is 5.67. The summed E-state index contributed by atoms with van der Waals surface area (Å²) in [4.78, 5) is 0. The fraction of sp³-hybridized carbons (Fsp3) is 0.625. The van der Waals surface area contributed by atoms with E-state index in [0.717, 1.165) is 13.1 Å². The highest BCUT2D eigenvalue weighted by Gasteiger charge is 2.39. The molecule has 2 nitrogen and oxygen atoms in total. The standard InChI is InChI=1S/C16H24N2/c1-2-16(7-8-16)12-17-11-15-9-13-5-3-4-6-14(13)10-18-15/h3-6,15,17-18H,2,7-12H2,1H3. The summed E-state index contributed by atoms with van der Waals surface area (Å²) in [5.41, 5.74) is 3.66. The second-order valence-corrected chi connectivity index (χ2v) is 6.04. The van der Waals surface area contributed by atoms with Crippen molar-refractivity contribution in [3.05, 3.63) is 35.4 Å². The molecule has 0 spiro atoms. The minimum Gasteiger partial charge on any atom is -0.315 e. The zero-order valence-corrected chi connectivity index (χ0v) is 11.3. The molecule has 2 aliphatic rings. The Bertz CT molecular complexity index is 409. The van der Waals surface area contributed by atoms with Crippen molar-refractivity contribution in [2.24, 2.45) is 5.41 Å². The Morgan fingerprint density at radius 1 is 1.28 bits per heavy atom. The molecule has 3 rings (SSSR count). The lowest BCUT2D eigenvalue weighted by Gasteiger charge is -2.27. The first kappa shape index (κ1) is 12.2. The number of benzene rings is 1. The maximum atomic E-state index is 3.68. The fourth-order valence-corrected chi connectivity index (χ4v) is 3.01. The molecule has 0 amide bonds. The molecule has 0 aromatic heterocycles. The molecule has 0 bridgehead atoms. The van der Waals surface area contributed by atoms with Gasteiger partial charge in [-0.1, -0.05) is 31.2 Å². The SMILES string of the molecule is CCC1(CNCC2Cc3ccccc3CN2)CC1. The van der Waals surface area contributed by atoms with E-state index >= 15 is 0 Å². The fourth-order valence-electron chi connectivity index (χ4n) is 3.01. The molecule has 1 heterocycles. The smallest absolute Gasteiger partial charge is 0.0236 e. The van der Waals surface area contributed by atoms with Crippen LogP contribution in [0.4, 0.5) is 0 Å². The van der Waals surface area contributed by atoms with Gasteiger partial charge in [0, 0.05) is 25.7 Å². The molecule has 1 unspecified atom stereocenters. The van der Waals surface area contributed by atoms with Crippen LogP contribution >= 0.6 is 0 Å². The molecule has 2 heteroatoms. The zero-order valence-electron chi connectivity index (χ0n) is 11.3. The van der Waals surface area contributed by atoms with Gasteiger partial charge in [0.05, 0.1) is 0 Å². The third-order valence-electron chi connectivity index (χ3n) is 4.76. The molecule has 0 radical (unpaired) electrons. The molecule has 1 aliphatic carbocycles. The maximum Gasteiger partial charge on any atom is 0.0236 e. The lowest BCUT2D eigenvalue weighted by molar-refractivity contribution is 0.397. The number of nitrogens with one attached hydrogen (secondary N) is 2. The molecular formula is C16H24N2. The van der Waals surface area contributed by atoms with Crippen LogP contribution < -0.4 is 10.6 Å². The monoisotopic (exact) mass is 244 g/mol. The summed E-state index contributed by atoms with van der Waals surface area (Å²) in [6, 6.07) is 9.41. The molecule has 1 saturated carbocycles. The van der Waals surface area contributed by atoms with Crippen LogP contribution in [0.25, 0.3) is 0 Å². The Morgan fingerprint density at radius 3 is 2.78 bits per heavy atom. The van der Waals surface area contributed by atoms with Crippen molar-refractivity contribution in [3.63, 3.8) is 0 Å². The third kappa shape index (κ3) is 2.60. The van der Waals surface area contributed by atoms with Gasteiger partial charge in [-0.2, -0.15) is 0 Å². The first-order chi connectivity index (χ1) is 8.81. The van der Waals surface area contributed by atoms with Crippen LogP contribution in [-0.4, -0.2) is 19.1 Å². The predicted octanol–water partition coefficient (Wildman–Crippen LogP) is 2.48. The van der Waals surface area contributed by atoms with Crippen molar-refractivity contribution < 1.29 is 0 Å². The summed E-state index contributed by atoms with van der Waals surface area (Å²) >= 11 is 0. The van der Waals surface area contributed by atoms with Crippen LogP contribution in [0.5, 0.6) is 0 Å². The Labute approximate surface area is 110 Å². The summed E-state index contributed by atoms with van der Waals surface area (Å²) in [5.74, 6) is 0. The predicted molar refractivity (Wildman–Crippen MR) is 75.6 cm³/mol. The zero-order chi connectivity index (χ0) is 12.4. The van der Waals surface area contributed by atoms with E-state index in [0.29, 0.717) is 11.5 Å². The molecule has 1 atom stereocenters. The number of rotatable bonds is 5. The van der Waals surface area contributed by atoms with Gasteiger partial charge in [-0.15, -0.1) is 0 Å². The maximum absolute atomic E-state index is 3.68. The van der Waals surface area contributed by atoms with Gasteiger partial charge in [0.2, 0.25) is 0 Å². The van der Waals surface area contributed by atoms with Gasteiger partial charge in [0.15, 0.2) is 0 Å². The largest absolute Gasteiger partial charge is 0.315 e.